The molecular weight excluding hydrogens is 336 g/mol. The van der Waals surface area contributed by atoms with E-state index in [4.69, 9.17) is 4.74 Å². The van der Waals surface area contributed by atoms with E-state index in [1.165, 1.54) is 17.5 Å². The second-order valence-electron chi connectivity index (χ2n) is 5.93. The number of carbonyl (C=O) groups is 1. The highest BCUT2D eigenvalue weighted by Gasteiger charge is 2.19. The number of carbonyl (C=O) groups excluding carboxylic acids is 1. The average molecular weight is 358 g/mol. The molecule has 1 unspecified atom stereocenters. The van der Waals surface area contributed by atoms with Gasteiger partial charge in [0.15, 0.2) is 0 Å². The molecule has 1 atom stereocenters. The molecule has 6 heteroatoms. The van der Waals surface area contributed by atoms with E-state index in [-0.39, 0.29) is 12.5 Å². The van der Waals surface area contributed by atoms with E-state index in [0.717, 1.165) is 18.0 Å². The second-order valence-corrected chi connectivity index (χ2v) is 7.07. The lowest BCUT2D eigenvalue weighted by molar-refractivity contribution is -0.114. The van der Waals surface area contributed by atoms with Crippen molar-refractivity contribution in [3.63, 3.8) is 0 Å². The molecule has 5 nitrogen and oxygen atoms in total. The van der Waals surface area contributed by atoms with Gasteiger partial charge in [0.25, 0.3) is 0 Å². The van der Waals surface area contributed by atoms with Crippen molar-refractivity contribution in [3.8, 4) is 5.75 Å². The van der Waals surface area contributed by atoms with Gasteiger partial charge in [-0.15, -0.1) is 11.8 Å². The molecule has 0 saturated heterocycles. The largest absolute Gasteiger partial charge is 0.491 e. The zero-order chi connectivity index (χ0) is 17.6. The molecule has 25 heavy (non-hydrogen) atoms. The van der Waals surface area contributed by atoms with Crippen LogP contribution < -0.4 is 15.0 Å². The Bertz CT molecular complexity index is 721. The van der Waals surface area contributed by atoms with Crippen LogP contribution in [0.25, 0.3) is 0 Å². The quantitative estimate of drug-likeness (QED) is 0.831. The van der Waals surface area contributed by atoms with Gasteiger partial charge in [-0.05, 0) is 36.4 Å². The van der Waals surface area contributed by atoms with Gasteiger partial charge in [-0.1, -0.05) is 12.1 Å². The Morgan fingerprint density at radius 2 is 2.04 bits per heavy atom. The van der Waals surface area contributed by atoms with Crippen LogP contribution in [0.1, 0.15) is 6.92 Å². The Kier molecular flexibility index (Phi) is 5.83. The molecule has 0 saturated carbocycles. The standard InChI is InChI=1S/C19H22N2O3S/c1-14(22)20-15-6-8-17(9-7-15)24-13-16(23)12-21-10-11-25-19-5-3-2-4-18(19)21/h2-9,16,23H,10-13H2,1H3,(H,20,22). The smallest absolute Gasteiger partial charge is 0.221 e. The number of hydrogen-bond donors (Lipinski definition) is 2. The van der Waals surface area contributed by atoms with Crippen molar-refractivity contribution in [2.75, 3.05) is 35.7 Å². The van der Waals surface area contributed by atoms with Gasteiger partial charge < -0.3 is 20.1 Å². The van der Waals surface area contributed by atoms with Crippen LogP contribution >= 0.6 is 11.8 Å². The van der Waals surface area contributed by atoms with Crippen LogP contribution in [0.15, 0.2) is 53.4 Å². The van der Waals surface area contributed by atoms with Crippen molar-refractivity contribution in [1.82, 2.24) is 0 Å². The number of ether oxygens (including phenoxy) is 1. The minimum Gasteiger partial charge on any atom is -0.491 e. The first-order valence-corrected chi connectivity index (χ1v) is 9.25. The summed E-state index contributed by atoms with van der Waals surface area (Å²) in [6, 6.07) is 15.4. The molecule has 2 aromatic carbocycles. The Balaban J connectivity index is 1.52. The van der Waals surface area contributed by atoms with E-state index in [2.05, 4.69) is 22.3 Å². The molecule has 1 amide bonds. The average Bonchev–Trinajstić information content (AvgIpc) is 2.61. The molecule has 0 aliphatic carbocycles. The van der Waals surface area contributed by atoms with Crippen LogP contribution in [0.5, 0.6) is 5.75 Å². The summed E-state index contributed by atoms with van der Waals surface area (Å²) in [6.07, 6.45) is -0.578. The van der Waals surface area contributed by atoms with Crippen LogP contribution in [0, 0.1) is 0 Å². The normalized spacial score (nSPS) is 14.6. The molecular formula is C19H22N2O3S. The Hall–Kier alpha value is -2.18. The highest BCUT2D eigenvalue weighted by atomic mass is 32.2. The third-order valence-electron chi connectivity index (χ3n) is 3.87. The molecule has 2 N–H and O–H groups in total. The molecule has 3 rings (SSSR count). The van der Waals surface area contributed by atoms with Crippen LogP contribution in [0.4, 0.5) is 11.4 Å². The summed E-state index contributed by atoms with van der Waals surface area (Å²) in [5.74, 6) is 1.58. The lowest BCUT2D eigenvalue weighted by atomic mass is 10.2. The minimum absolute atomic E-state index is 0.107. The number of amides is 1. The Labute approximate surface area is 152 Å². The number of anilines is 2. The topological polar surface area (TPSA) is 61.8 Å². The fraction of sp³-hybridized carbons (Fsp3) is 0.316. The molecule has 1 aliphatic heterocycles. The van der Waals surface area contributed by atoms with Gasteiger partial charge in [0, 0.05) is 36.3 Å². The maximum Gasteiger partial charge on any atom is 0.221 e. The molecule has 132 valence electrons. The van der Waals surface area contributed by atoms with E-state index < -0.39 is 6.10 Å². The minimum atomic E-state index is -0.578. The maximum atomic E-state index is 11.0. The molecule has 0 radical (unpaired) electrons. The van der Waals surface area contributed by atoms with Crippen LogP contribution in [-0.4, -0.2) is 42.6 Å². The van der Waals surface area contributed by atoms with Crippen molar-refractivity contribution in [3.05, 3.63) is 48.5 Å². The van der Waals surface area contributed by atoms with Gasteiger partial charge in [-0.3, -0.25) is 4.79 Å². The number of para-hydroxylation sites is 1. The monoisotopic (exact) mass is 358 g/mol. The lowest BCUT2D eigenvalue weighted by Crippen LogP contribution is -2.38. The Morgan fingerprint density at radius 1 is 1.28 bits per heavy atom. The van der Waals surface area contributed by atoms with Gasteiger partial charge in [0.05, 0.1) is 5.69 Å². The highest BCUT2D eigenvalue weighted by Crippen LogP contribution is 2.34. The lowest BCUT2D eigenvalue weighted by Gasteiger charge is -2.32. The summed E-state index contributed by atoms with van der Waals surface area (Å²) in [5, 5.41) is 13.0. The summed E-state index contributed by atoms with van der Waals surface area (Å²) in [7, 11) is 0. The zero-order valence-corrected chi connectivity index (χ0v) is 15.0. The third-order valence-corrected chi connectivity index (χ3v) is 4.92. The van der Waals surface area contributed by atoms with Crippen molar-refractivity contribution >= 4 is 29.0 Å². The number of hydrogen-bond acceptors (Lipinski definition) is 5. The number of fused-ring (bicyclic) bond motifs is 1. The number of nitrogens with one attached hydrogen (secondary N) is 1. The molecule has 1 aliphatic rings. The van der Waals surface area contributed by atoms with E-state index in [0.29, 0.717) is 12.3 Å². The van der Waals surface area contributed by atoms with Crippen LogP contribution in [0.2, 0.25) is 0 Å². The summed E-state index contributed by atoms with van der Waals surface area (Å²) < 4.78 is 5.66. The molecule has 1 heterocycles. The van der Waals surface area contributed by atoms with E-state index >= 15 is 0 Å². The highest BCUT2D eigenvalue weighted by molar-refractivity contribution is 7.99. The maximum absolute atomic E-state index is 11.0. The third kappa shape index (κ3) is 4.90. The number of aliphatic hydroxyl groups is 1. The fourth-order valence-electron chi connectivity index (χ4n) is 2.75. The summed E-state index contributed by atoms with van der Waals surface area (Å²) in [6.45, 7) is 3.16. The Morgan fingerprint density at radius 3 is 2.80 bits per heavy atom. The van der Waals surface area contributed by atoms with Gasteiger partial charge in [-0.25, -0.2) is 0 Å². The SMILES string of the molecule is CC(=O)Nc1ccc(OCC(O)CN2CCSc3ccccc32)cc1. The van der Waals surface area contributed by atoms with Crippen molar-refractivity contribution in [2.24, 2.45) is 0 Å². The molecule has 2 aromatic rings. The van der Waals surface area contributed by atoms with Crippen LogP contribution in [-0.2, 0) is 4.79 Å². The van der Waals surface area contributed by atoms with Crippen molar-refractivity contribution in [2.45, 2.75) is 17.9 Å². The summed E-state index contributed by atoms with van der Waals surface area (Å²) in [5.41, 5.74) is 1.90. The van der Waals surface area contributed by atoms with Gasteiger partial charge >= 0.3 is 0 Å². The first-order valence-electron chi connectivity index (χ1n) is 8.27. The fourth-order valence-corrected chi connectivity index (χ4v) is 3.81. The predicted octanol–water partition coefficient (Wildman–Crippen LogP) is 3.00. The number of β-amino-alcohol motifs (C(OH)–C–C–N with tert-alkyl or cyclic N) is 1. The number of rotatable bonds is 6. The zero-order valence-electron chi connectivity index (χ0n) is 14.1. The number of thioether (sulfide) groups is 1. The number of nitrogens with zero attached hydrogens (tertiary/aromatic N) is 1. The van der Waals surface area contributed by atoms with Crippen LogP contribution in [0.3, 0.4) is 0 Å². The molecule has 0 aromatic heterocycles. The first kappa shape index (κ1) is 17.6. The number of benzene rings is 2. The van der Waals surface area contributed by atoms with Crippen molar-refractivity contribution < 1.29 is 14.6 Å². The van der Waals surface area contributed by atoms with Gasteiger partial charge in [-0.2, -0.15) is 0 Å². The summed E-state index contributed by atoms with van der Waals surface area (Å²) >= 11 is 1.85. The summed E-state index contributed by atoms with van der Waals surface area (Å²) in [4.78, 5) is 14.5. The van der Waals surface area contributed by atoms with E-state index in [9.17, 15) is 9.90 Å². The van der Waals surface area contributed by atoms with Crippen molar-refractivity contribution in [1.29, 1.82) is 0 Å². The first-order chi connectivity index (χ1) is 12.1. The van der Waals surface area contributed by atoms with E-state index in [1.807, 2.05) is 23.9 Å². The second kappa shape index (κ2) is 8.27. The molecule has 0 fully saturated rings. The van der Waals surface area contributed by atoms with Gasteiger partial charge in [0.1, 0.15) is 18.5 Å². The van der Waals surface area contributed by atoms with Gasteiger partial charge in [0.2, 0.25) is 5.91 Å². The molecule has 0 bridgehead atoms. The molecule has 0 spiro atoms. The predicted molar refractivity (Wildman–Crippen MR) is 102 cm³/mol. The van der Waals surface area contributed by atoms with E-state index in [1.54, 1.807) is 24.3 Å². The number of aliphatic hydroxyl groups excluding tert-OH is 1.